The second-order valence-corrected chi connectivity index (χ2v) is 10.9. The van der Waals surface area contributed by atoms with Crippen molar-refractivity contribution in [2.45, 2.75) is 44.9 Å². The molecule has 2 aromatic carbocycles. The lowest BCUT2D eigenvalue weighted by atomic mass is 10.0. The Morgan fingerprint density at radius 2 is 1.98 bits per heavy atom. The van der Waals surface area contributed by atoms with Crippen LogP contribution < -0.4 is 25.0 Å². The van der Waals surface area contributed by atoms with Gasteiger partial charge in [0.15, 0.2) is 5.65 Å². The van der Waals surface area contributed by atoms with Gasteiger partial charge in [0, 0.05) is 44.7 Å². The Balaban J connectivity index is 1.26. The third-order valence-corrected chi connectivity index (χ3v) is 7.72. The number of hydrogen-bond donors (Lipinski definition) is 2. The van der Waals surface area contributed by atoms with Crippen LogP contribution >= 0.6 is 0 Å². The lowest BCUT2D eigenvalue weighted by molar-refractivity contribution is -0.123. The quantitative estimate of drug-likeness (QED) is 0.364. The molecular weight excluding hydrogens is 550 g/mol. The molecule has 12 heteroatoms. The van der Waals surface area contributed by atoms with Gasteiger partial charge in [0.25, 0.3) is 5.91 Å². The van der Waals surface area contributed by atoms with Gasteiger partial charge in [-0.1, -0.05) is 12.1 Å². The molecule has 0 radical (unpaired) electrons. The molecule has 2 N–H and O–H groups in total. The fourth-order valence-corrected chi connectivity index (χ4v) is 5.56. The molecule has 2 aliphatic heterocycles. The van der Waals surface area contributed by atoms with Gasteiger partial charge in [0.05, 0.1) is 37.4 Å². The number of amides is 2. The molecule has 6 rings (SSSR count). The summed E-state index contributed by atoms with van der Waals surface area (Å²) in [5, 5.41) is 11.4. The number of hydrogen-bond acceptors (Lipinski definition) is 9. The number of benzene rings is 2. The van der Waals surface area contributed by atoms with Crippen LogP contribution in [0.25, 0.3) is 11.0 Å². The van der Waals surface area contributed by atoms with Crippen LogP contribution in [0.2, 0.25) is 0 Å². The van der Waals surface area contributed by atoms with Crippen molar-refractivity contribution < 1.29 is 23.8 Å². The van der Waals surface area contributed by atoms with E-state index in [0.29, 0.717) is 67.7 Å². The van der Waals surface area contributed by atoms with Gasteiger partial charge in [-0.15, -0.1) is 0 Å². The summed E-state index contributed by atoms with van der Waals surface area (Å²) in [5.41, 5.74) is 2.10. The highest BCUT2D eigenvalue weighted by Gasteiger charge is 2.33. The van der Waals surface area contributed by atoms with Gasteiger partial charge in [-0.25, -0.2) is 9.97 Å². The fourth-order valence-electron chi connectivity index (χ4n) is 5.56. The summed E-state index contributed by atoms with van der Waals surface area (Å²) in [4.78, 5) is 37.5. The highest BCUT2D eigenvalue weighted by Crippen LogP contribution is 2.30. The van der Waals surface area contributed by atoms with Gasteiger partial charge in [-0.3, -0.25) is 14.3 Å². The number of fused-ring (bicyclic) bond motifs is 6. The third kappa shape index (κ3) is 6.38. The maximum absolute atomic E-state index is 13.1. The minimum absolute atomic E-state index is 0.0970. The first kappa shape index (κ1) is 28.4. The Morgan fingerprint density at radius 3 is 2.84 bits per heavy atom. The monoisotopic (exact) mass is 585 g/mol. The van der Waals surface area contributed by atoms with Crippen LogP contribution in [0.15, 0.2) is 48.7 Å². The van der Waals surface area contributed by atoms with E-state index in [0.717, 1.165) is 22.4 Å². The number of ether oxygens (including phenoxy) is 3. The van der Waals surface area contributed by atoms with Crippen molar-refractivity contribution >= 4 is 28.7 Å². The molecule has 1 fully saturated rings. The molecule has 4 aromatic rings. The van der Waals surface area contributed by atoms with E-state index < -0.39 is 0 Å². The second-order valence-electron chi connectivity index (χ2n) is 10.9. The maximum Gasteiger partial charge on any atom is 0.251 e. The molecule has 2 amide bonds. The number of carbonyl (C=O) groups excluding carboxylic acids is 2. The number of nitrogens with zero attached hydrogens (tertiary/aromatic N) is 5. The zero-order valence-electron chi connectivity index (χ0n) is 24.5. The number of anilines is 1. The largest absolute Gasteiger partial charge is 0.497 e. The van der Waals surface area contributed by atoms with E-state index >= 15 is 0 Å². The SMILES string of the molecule is COc1cc2cc(c1)C(=O)NCCCC(=O)N[C@H]1CN(c3nc(C)nc4c3cnn4C)CC[C@@H]1OCc1cccc(c1)O2. The third-order valence-electron chi connectivity index (χ3n) is 7.72. The van der Waals surface area contributed by atoms with Crippen LogP contribution in [0.3, 0.4) is 0 Å². The van der Waals surface area contributed by atoms with E-state index in [-0.39, 0.29) is 30.4 Å². The predicted molar refractivity (Wildman–Crippen MR) is 159 cm³/mol. The number of methoxy groups -OCH3 is 1. The van der Waals surface area contributed by atoms with E-state index in [1.165, 1.54) is 0 Å². The molecule has 0 aliphatic carbocycles. The maximum atomic E-state index is 13.1. The first-order valence-electron chi connectivity index (χ1n) is 14.4. The van der Waals surface area contributed by atoms with Gasteiger partial charge >= 0.3 is 0 Å². The number of aromatic nitrogens is 4. The smallest absolute Gasteiger partial charge is 0.251 e. The summed E-state index contributed by atoms with van der Waals surface area (Å²) >= 11 is 0. The zero-order chi connectivity index (χ0) is 29.9. The molecule has 224 valence electrons. The normalized spacial score (nSPS) is 19.8. The first-order valence-corrected chi connectivity index (χ1v) is 14.4. The van der Waals surface area contributed by atoms with Crippen molar-refractivity contribution in [3.05, 3.63) is 65.6 Å². The summed E-state index contributed by atoms with van der Waals surface area (Å²) in [6, 6.07) is 12.4. The average molecular weight is 586 g/mol. The molecule has 2 aliphatic rings. The Bertz CT molecular complexity index is 1660. The summed E-state index contributed by atoms with van der Waals surface area (Å²) in [7, 11) is 3.41. The van der Waals surface area contributed by atoms with Crippen molar-refractivity contribution in [1.29, 1.82) is 0 Å². The summed E-state index contributed by atoms with van der Waals surface area (Å²) in [6.07, 6.45) is 3.01. The Labute approximate surface area is 249 Å². The fraction of sp³-hybridized carbons (Fsp3) is 0.387. The lowest BCUT2D eigenvalue weighted by Gasteiger charge is -2.39. The highest BCUT2D eigenvalue weighted by molar-refractivity contribution is 5.95. The Hall–Kier alpha value is -4.71. The van der Waals surface area contributed by atoms with Crippen molar-refractivity contribution in [2.24, 2.45) is 7.05 Å². The van der Waals surface area contributed by atoms with Crippen molar-refractivity contribution in [2.75, 3.05) is 31.6 Å². The molecule has 12 nitrogen and oxygen atoms in total. The topological polar surface area (TPSA) is 133 Å². The van der Waals surface area contributed by atoms with Crippen molar-refractivity contribution in [3.63, 3.8) is 0 Å². The van der Waals surface area contributed by atoms with E-state index in [9.17, 15) is 9.59 Å². The lowest BCUT2D eigenvalue weighted by Crippen LogP contribution is -2.56. The van der Waals surface area contributed by atoms with Crippen LogP contribution in [0.1, 0.15) is 41.0 Å². The van der Waals surface area contributed by atoms with Crippen LogP contribution in [-0.4, -0.2) is 70.5 Å². The van der Waals surface area contributed by atoms with Crippen molar-refractivity contribution in [3.8, 4) is 17.2 Å². The molecule has 43 heavy (non-hydrogen) atoms. The molecule has 0 saturated carbocycles. The number of nitrogens with one attached hydrogen (secondary N) is 2. The van der Waals surface area contributed by atoms with Gasteiger partial charge in [0.1, 0.15) is 28.9 Å². The summed E-state index contributed by atoms with van der Waals surface area (Å²) < 4.78 is 19.7. The molecule has 1 saturated heterocycles. The van der Waals surface area contributed by atoms with Gasteiger partial charge < -0.3 is 29.7 Å². The first-order chi connectivity index (χ1) is 20.9. The average Bonchev–Trinajstić information content (AvgIpc) is 3.37. The minimum Gasteiger partial charge on any atom is -0.497 e. The van der Waals surface area contributed by atoms with Crippen LogP contribution in [0.5, 0.6) is 17.2 Å². The number of carbonyl (C=O) groups is 2. The number of aryl methyl sites for hydroxylation is 2. The Morgan fingerprint density at radius 1 is 1.09 bits per heavy atom. The van der Waals surface area contributed by atoms with E-state index in [4.69, 9.17) is 19.2 Å². The van der Waals surface area contributed by atoms with Gasteiger partial charge in [-0.2, -0.15) is 5.10 Å². The molecule has 4 bridgehead atoms. The summed E-state index contributed by atoms with van der Waals surface area (Å²) in [6.45, 7) is 3.78. The Kier molecular flexibility index (Phi) is 8.10. The van der Waals surface area contributed by atoms with Gasteiger partial charge in [-0.05, 0) is 49.6 Å². The highest BCUT2D eigenvalue weighted by atomic mass is 16.5. The molecule has 0 unspecified atom stereocenters. The van der Waals surface area contributed by atoms with Crippen LogP contribution in [-0.2, 0) is 23.2 Å². The molecule has 2 aromatic heterocycles. The van der Waals surface area contributed by atoms with Crippen LogP contribution in [0.4, 0.5) is 5.82 Å². The number of rotatable bonds is 2. The molecule has 4 heterocycles. The standard InChI is InChI=1S/C31H35N7O5/c1-19-34-29-25(16-33-37(29)2)30(35-19)38-11-9-27-26(17-38)36-28(39)8-5-10-32-31(40)21-13-23(41-3)15-24(14-21)43-22-7-4-6-20(12-22)18-42-27/h4,6-7,12-16,26-27H,5,8-11,17-18H2,1-3H3,(H,32,40)(H,36,39)/t26-,27-/m0/s1. The van der Waals surface area contributed by atoms with E-state index in [1.54, 1.807) is 36.2 Å². The minimum atomic E-state index is -0.275. The number of piperidine rings is 1. The molecular formula is C31H35N7O5. The summed E-state index contributed by atoms with van der Waals surface area (Å²) in [5.74, 6) is 2.70. The van der Waals surface area contributed by atoms with Crippen LogP contribution in [0, 0.1) is 6.92 Å². The molecule has 0 spiro atoms. The predicted octanol–water partition coefficient (Wildman–Crippen LogP) is 3.28. The van der Waals surface area contributed by atoms with Crippen molar-refractivity contribution in [1.82, 2.24) is 30.4 Å². The molecule has 2 atom stereocenters. The zero-order valence-corrected chi connectivity index (χ0v) is 24.5. The second kappa shape index (κ2) is 12.3. The van der Waals surface area contributed by atoms with E-state index in [1.807, 2.05) is 38.2 Å². The van der Waals surface area contributed by atoms with Gasteiger partial charge in [0.2, 0.25) is 5.91 Å². The van der Waals surface area contributed by atoms with E-state index in [2.05, 4.69) is 25.6 Å².